The predicted octanol–water partition coefficient (Wildman–Crippen LogP) is 7.87. The third-order valence-electron chi connectivity index (χ3n) is 5.13. The number of likely N-dealkylation sites (N-methyl/N-ethyl adjacent to an activating group) is 1. The van der Waals surface area contributed by atoms with Crippen molar-refractivity contribution in [1.29, 1.82) is 0 Å². The van der Waals surface area contributed by atoms with Crippen molar-refractivity contribution in [1.82, 2.24) is 4.90 Å². The molecule has 194 valence electrons. The van der Waals surface area contributed by atoms with Gasteiger partial charge in [-0.25, -0.2) is 8.42 Å². The number of likely N-dealkylation sites (tertiary alicyclic amines) is 1. The van der Waals surface area contributed by atoms with E-state index in [0.29, 0.717) is 43.1 Å². The van der Waals surface area contributed by atoms with Crippen molar-refractivity contribution < 1.29 is 26.3 Å². The molecule has 2 aromatic carbocycles. The summed E-state index contributed by atoms with van der Waals surface area (Å²) < 4.78 is 76.0. The lowest BCUT2D eigenvalue weighted by molar-refractivity contribution is -0.139. The largest absolute Gasteiger partial charge is 0.488 e. The fraction of sp³-hybridized carbons (Fsp3) is 0.273. The summed E-state index contributed by atoms with van der Waals surface area (Å²) in [5.41, 5.74) is -0.998. The topological polar surface area (TPSA) is 58.6 Å². The van der Waals surface area contributed by atoms with Crippen molar-refractivity contribution in [2.45, 2.75) is 32.0 Å². The summed E-state index contributed by atoms with van der Waals surface area (Å²) >= 11 is 17.7. The molecule has 1 N–H and O–H groups in total. The van der Waals surface area contributed by atoms with Gasteiger partial charge in [-0.2, -0.15) is 13.2 Å². The van der Waals surface area contributed by atoms with Crippen molar-refractivity contribution in [3.63, 3.8) is 0 Å². The van der Waals surface area contributed by atoms with E-state index in [1.54, 1.807) is 18.2 Å². The number of sulfonamides is 1. The van der Waals surface area contributed by atoms with E-state index in [2.05, 4.69) is 20.7 Å². The van der Waals surface area contributed by atoms with Gasteiger partial charge in [0.1, 0.15) is 16.1 Å². The molecule has 1 atom stereocenters. The second-order valence-corrected chi connectivity index (χ2v) is 14.0. The van der Waals surface area contributed by atoms with Gasteiger partial charge in [0.15, 0.2) is 0 Å². The van der Waals surface area contributed by atoms with Gasteiger partial charge in [0, 0.05) is 38.6 Å². The third-order valence-corrected chi connectivity index (χ3v) is 10.9. The van der Waals surface area contributed by atoms with Crippen molar-refractivity contribution in [2.24, 2.45) is 0 Å². The number of ether oxygens (including phenoxy) is 1. The summed E-state index contributed by atoms with van der Waals surface area (Å²) in [6, 6.07) is 9.37. The van der Waals surface area contributed by atoms with Gasteiger partial charge in [0.05, 0.1) is 15.5 Å². The number of thiophene rings is 1. The fourth-order valence-electron chi connectivity index (χ4n) is 3.52. The summed E-state index contributed by atoms with van der Waals surface area (Å²) in [4.78, 5) is 2.67. The highest BCUT2D eigenvalue weighted by atomic mass is 79.9. The van der Waals surface area contributed by atoms with Gasteiger partial charge in [0.25, 0.3) is 10.0 Å². The molecule has 0 spiro atoms. The van der Waals surface area contributed by atoms with Crippen LogP contribution in [0.1, 0.15) is 12.0 Å². The van der Waals surface area contributed by atoms with Crippen LogP contribution in [0.2, 0.25) is 10.0 Å². The zero-order valence-corrected chi connectivity index (χ0v) is 24.0. The van der Waals surface area contributed by atoms with Gasteiger partial charge < -0.3 is 9.64 Å². The molecule has 2 heterocycles. The van der Waals surface area contributed by atoms with E-state index in [4.69, 9.17) is 27.9 Å². The van der Waals surface area contributed by atoms with Crippen molar-refractivity contribution in [3.05, 3.63) is 62.5 Å². The van der Waals surface area contributed by atoms with Gasteiger partial charge in [0.2, 0.25) is 0 Å². The maximum absolute atomic E-state index is 13.6. The minimum Gasteiger partial charge on any atom is -0.488 e. The monoisotopic (exact) mass is 660 g/mol. The molecule has 4 rings (SSSR count). The second kappa shape index (κ2) is 10.9. The Morgan fingerprint density at radius 1 is 1.17 bits per heavy atom. The molecule has 1 aliphatic rings. The van der Waals surface area contributed by atoms with E-state index in [1.807, 2.05) is 11.9 Å². The predicted molar refractivity (Wildman–Crippen MR) is 141 cm³/mol. The van der Waals surface area contributed by atoms with Crippen LogP contribution in [0, 0.1) is 0 Å². The Labute approximate surface area is 233 Å². The van der Waals surface area contributed by atoms with Crippen LogP contribution in [0.3, 0.4) is 0 Å². The molecule has 36 heavy (non-hydrogen) atoms. The fourth-order valence-corrected chi connectivity index (χ4v) is 8.96. The number of benzene rings is 2. The second-order valence-electron chi connectivity index (χ2n) is 8.01. The molecule has 0 bridgehead atoms. The summed E-state index contributed by atoms with van der Waals surface area (Å²) in [5, 5.41) is 0.883. The van der Waals surface area contributed by atoms with Gasteiger partial charge in [-0.1, -0.05) is 35.0 Å². The van der Waals surface area contributed by atoms with Crippen LogP contribution < -0.4 is 9.46 Å². The van der Waals surface area contributed by atoms with E-state index < -0.39 is 33.6 Å². The van der Waals surface area contributed by atoms with Gasteiger partial charge >= 0.3 is 6.18 Å². The van der Waals surface area contributed by atoms with E-state index in [9.17, 15) is 21.6 Å². The van der Waals surface area contributed by atoms with Crippen LogP contribution in [0.25, 0.3) is 0 Å². The first kappa shape index (κ1) is 27.9. The molecule has 0 saturated carbocycles. The SMILES string of the molecule is CN1CCC(Oc2cc(NS(=O)(=O)c3cc(Br)c(Sc4cc(Cl)cc(Cl)c4)s3)ccc2C(F)(F)F)C1. The minimum atomic E-state index is -4.65. The van der Waals surface area contributed by atoms with E-state index in [-0.39, 0.29) is 9.90 Å². The third kappa shape index (κ3) is 6.83. The zero-order valence-electron chi connectivity index (χ0n) is 18.4. The van der Waals surface area contributed by atoms with Crippen molar-refractivity contribution in [2.75, 3.05) is 24.9 Å². The molecule has 1 saturated heterocycles. The number of halogens is 6. The number of rotatable bonds is 7. The van der Waals surface area contributed by atoms with E-state index in [0.717, 1.165) is 29.5 Å². The molecule has 1 unspecified atom stereocenters. The first-order valence-corrected chi connectivity index (χ1v) is 15.0. The molecular formula is C22H18BrCl2F3N2O3S3. The first-order chi connectivity index (χ1) is 16.8. The van der Waals surface area contributed by atoms with Crippen LogP contribution >= 0.6 is 62.2 Å². The smallest absolute Gasteiger partial charge is 0.419 e. The number of anilines is 1. The van der Waals surface area contributed by atoms with Crippen molar-refractivity contribution >= 4 is 77.9 Å². The Morgan fingerprint density at radius 2 is 1.86 bits per heavy atom. The maximum Gasteiger partial charge on any atom is 0.419 e. The van der Waals surface area contributed by atoms with Gasteiger partial charge in [-0.15, -0.1) is 11.3 Å². The number of alkyl halides is 3. The van der Waals surface area contributed by atoms with Crippen LogP contribution in [0.4, 0.5) is 18.9 Å². The standard InChI is InChI=1S/C22H18BrCl2F3N2O3S3/c1-30-5-4-15(11-30)33-19-9-14(2-3-17(19)22(26,27)28)29-36(31,32)20-10-18(23)21(35-20)34-16-7-12(24)6-13(25)8-16/h2-3,6-10,15,29H,4-5,11H2,1H3. The highest BCUT2D eigenvalue weighted by Crippen LogP contribution is 2.43. The first-order valence-electron chi connectivity index (χ1n) is 10.3. The van der Waals surface area contributed by atoms with Crippen LogP contribution in [0.5, 0.6) is 5.75 Å². The molecule has 0 radical (unpaired) electrons. The van der Waals surface area contributed by atoms with Gasteiger partial charge in [-0.05, 0) is 65.8 Å². The summed E-state index contributed by atoms with van der Waals surface area (Å²) in [6.45, 7) is 1.18. The quantitative estimate of drug-likeness (QED) is 0.279. The van der Waals surface area contributed by atoms with Crippen LogP contribution in [0.15, 0.2) is 60.3 Å². The Kier molecular flexibility index (Phi) is 8.45. The molecule has 5 nitrogen and oxygen atoms in total. The number of nitrogens with one attached hydrogen (secondary N) is 1. The molecule has 1 aromatic heterocycles. The number of hydrogen-bond donors (Lipinski definition) is 1. The normalized spacial score (nSPS) is 16.9. The van der Waals surface area contributed by atoms with Gasteiger partial charge in [-0.3, -0.25) is 4.72 Å². The van der Waals surface area contributed by atoms with E-state index >= 15 is 0 Å². The lowest BCUT2D eigenvalue weighted by atomic mass is 10.1. The Morgan fingerprint density at radius 3 is 2.47 bits per heavy atom. The van der Waals surface area contributed by atoms with Crippen LogP contribution in [-0.2, 0) is 16.2 Å². The average Bonchev–Trinajstić information content (AvgIpc) is 3.32. The average molecular weight is 662 g/mol. The Hall–Kier alpha value is -1.15. The molecule has 3 aromatic rings. The zero-order chi connectivity index (χ0) is 26.3. The summed E-state index contributed by atoms with van der Waals surface area (Å²) in [5.74, 6) is -0.413. The lowest BCUT2D eigenvalue weighted by Crippen LogP contribution is -2.23. The highest BCUT2D eigenvalue weighted by molar-refractivity contribution is 9.10. The molecule has 1 fully saturated rings. The molecule has 0 amide bonds. The Bertz CT molecular complexity index is 1370. The van der Waals surface area contributed by atoms with Crippen LogP contribution in [-0.4, -0.2) is 39.6 Å². The molecule has 0 aliphatic carbocycles. The summed E-state index contributed by atoms with van der Waals surface area (Å²) in [6.07, 6.45) is -4.49. The van der Waals surface area contributed by atoms with Crippen molar-refractivity contribution in [3.8, 4) is 5.75 Å². The molecule has 14 heteroatoms. The van der Waals surface area contributed by atoms with E-state index in [1.165, 1.54) is 17.8 Å². The Balaban J connectivity index is 1.58. The maximum atomic E-state index is 13.6. The summed E-state index contributed by atoms with van der Waals surface area (Å²) in [7, 11) is -2.24. The molecular weight excluding hydrogens is 644 g/mol. The minimum absolute atomic E-state index is 0.0233. The molecule has 1 aliphatic heterocycles. The number of hydrogen-bond acceptors (Lipinski definition) is 6. The lowest BCUT2D eigenvalue weighted by Gasteiger charge is -2.19. The number of nitrogens with zero attached hydrogens (tertiary/aromatic N) is 1. The highest BCUT2D eigenvalue weighted by Gasteiger charge is 2.36.